The minimum Gasteiger partial charge on any atom is -0.493 e. The van der Waals surface area contributed by atoms with Gasteiger partial charge < -0.3 is 19.5 Å². The van der Waals surface area contributed by atoms with Gasteiger partial charge in [-0.2, -0.15) is 0 Å². The van der Waals surface area contributed by atoms with Crippen LogP contribution in [0.25, 0.3) is 6.08 Å². The molecule has 7 nitrogen and oxygen atoms in total. The molecule has 0 fully saturated rings. The molecular weight excluding hydrogens is 336 g/mol. The summed E-state index contributed by atoms with van der Waals surface area (Å²) in [5.74, 6) is 0.593. The highest BCUT2D eigenvalue weighted by Crippen LogP contribution is 2.30. The van der Waals surface area contributed by atoms with Crippen LogP contribution in [0, 0.1) is 5.41 Å². The normalized spacial score (nSPS) is 15.5. The molecule has 1 aromatic carbocycles. The molecule has 1 amide bonds. The highest BCUT2D eigenvalue weighted by Gasteiger charge is 2.31. The summed E-state index contributed by atoms with van der Waals surface area (Å²) in [6.45, 7) is 8.04. The van der Waals surface area contributed by atoms with E-state index in [1.165, 1.54) is 7.11 Å². The smallest absolute Gasteiger partial charge is 0.363 e. The van der Waals surface area contributed by atoms with Crippen LogP contribution in [0.5, 0.6) is 11.5 Å². The van der Waals surface area contributed by atoms with E-state index in [1.54, 1.807) is 24.3 Å². The number of hydrogen-bond donors (Lipinski definition) is 1. The fourth-order valence-electron chi connectivity index (χ4n) is 2.17. The maximum atomic E-state index is 12.0. The molecule has 1 N–H and O–H groups in total. The Morgan fingerprint density at radius 1 is 1.31 bits per heavy atom. The molecule has 1 heterocycles. The lowest BCUT2D eigenvalue weighted by Gasteiger charge is -2.15. The fourth-order valence-corrected chi connectivity index (χ4v) is 2.17. The van der Waals surface area contributed by atoms with Gasteiger partial charge >= 0.3 is 5.97 Å². The van der Waals surface area contributed by atoms with Crippen LogP contribution in [-0.4, -0.2) is 38.0 Å². The van der Waals surface area contributed by atoms with Gasteiger partial charge in [-0.15, -0.1) is 0 Å². The monoisotopic (exact) mass is 360 g/mol. The Balaban J connectivity index is 2.20. The molecule has 140 valence electrons. The maximum absolute atomic E-state index is 12.0. The number of hydrogen-bond acceptors (Lipinski definition) is 6. The van der Waals surface area contributed by atoms with Crippen molar-refractivity contribution in [2.24, 2.45) is 10.4 Å². The largest absolute Gasteiger partial charge is 0.493 e. The number of benzene rings is 1. The lowest BCUT2D eigenvalue weighted by Crippen LogP contribution is -2.28. The van der Waals surface area contributed by atoms with E-state index >= 15 is 0 Å². The zero-order valence-electron chi connectivity index (χ0n) is 15.7. The highest BCUT2D eigenvalue weighted by atomic mass is 16.6. The summed E-state index contributed by atoms with van der Waals surface area (Å²) in [6, 6.07) is 5.14. The first-order chi connectivity index (χ1) is 12.2. The number of ether oxygens (including phenoxy) is 3. The molecule has 0 aliphatic carbocycles. The van der Waals surface area contributed by atoms with Crippen LogP contribution in [-0.2, 0) is 14.3 Å². The highest BCUT2D eigenvalue weighted by molar-refractivity contribution is 6.08. The number of cyclic esters (lactones) is 1. The predicted molar refractivity (Wildman–Crippen MR) is 98.1 cm³/mol. The van der Waals surface area contributed by atoms with E-state index in [-0.39, 0.29) is 23.6 Å². The van der Waals surface area contributed by atoms with Crippen molar-refractivity contribution in [3.63, 3.8) is 0 Å². The Morgan fingerprint density at radius 3 is 2.62 bits per heavy atom. The topological polar surface area (TPSA) is 86.2 Å². The van der Waals surface area contributed by atoms with E-state index in [0.717, 1.165) is 0 Å². The molecule has 7 heteroatoms. The van der Waals surface area contributed by atoms with Crippen molar-refractivity contribution in [3.05, 3.63) is 29.5 Å². The van der Waals surface area contributed by atoms with Gasteiger partial charge in [0.1, 0.15) is 0 Å². The summed E-state index contributed by atoms with van der Waals surface area (Å²) in [7, 11) is 1.50. The average Bonchev–Trinajstić information content (AvgIpc) is 2.95. The Bertz CT molecular complexity index is 760. The summed E-state index contributed by atoms with van der Waals surface area (Å²) < 4.78 is 16.0. The molecule has 0 aromatic heterocycles. The van der Waals surface area contributed by atoms with E-state index < -0.39 is 5.97 Å². The van der Waals surface area contributed by atoms with E-state index in [1.807, 2.05) is 27.7 Å². The van der Waals surface area contributed by atoms with Gasteiger partial charge in [-0.1, -0.05) is 26.8 Å². The molecular formula is C19H24N2O5. The number of rotatable bonds is 6. The predicted octanol–water partition coefficient (Wildman–Crippen LogP) is 2.55. The van der Waals surface area contributed by atoms with Crippen molar-refractivity contribution in [2.45, 2.75) is 27.7 Å². The van der Waals surface area contributed by atoms with Crippen molar-refractivity contribution >= 4 is 23.9 Å². The number of esters is 1. The number of likely N-dealkylation sites (N-methyl/N-ethyl adjacent to an activating group) is 1. The van der Waals surface area contributed by atoms with E-state index in [9.17, 15) is 9.59 Å². The Kier molecular flexibility index (Phi) is 6.02. The Labute approximate surface area is 153 Å². The van der Waals surface area contributed by atoms with Gasteiger partial charge in [0.15, 0.2) is 23.8 Å². The van der Waals surface area contributed by atoms with Crippen molar-refractivity contribution in [1.82, 2.24) is 5.32 Å². The zero-order valence-corrected chi connectivity index (χ0v) is 15.7. The Hall–Kier alpha value is -2.83. The van der Waals surface area contributed by atoms with Gasteiger partial charge in [0.25, 0.3) is 5.91 Å². The number of nitrogens with zero attached hydrogens (tertiary/aromatic N) is 1. The first kappa shape index (κ1) is 19.5. The van der Waals surface area contributed by atoms with Gasteiger partial charge in [-0.3, -0.25) is 4.79 Å². The van der Waals surface area contributed by atoms with Crippen LogP contribution in [0.2, 0.25) is 0 Å². The van der Waals surface area contributed by atoms with E-state index in [0.29, 0.717) is 29.5 Å². The summed E-state index contributed by atoms with van der Waals surface area (Å²) in [5, 5.41) is 2.65. The number of methoxy groups -OCH3 is 1. The second-order valence-electron chi connectivity index (χ2n) is 6.74. The zero-order chi connectivity index (χ0) is 19.3. The van der Waals surface area contributed by atoms with Crippen LogP contribution >= 0.6 is 0 Å². The number of carbonyl (C=O) groups is 2. The number of carbonyl (C=O) groups excluding carboxylic acids is 2. The summed E-state index contributed by atoms with van der Waals surface area (Å²) in [4.78, 5) is 27.8. The minimum atomic E-state index is -0.481. The number of amides is 1. The van der Waals surface area contributed by atoms with Crippen molar-refractivity contribution in [1.29, 1.82) is 0 Å². The molecule has 1 aromatic rings. The van der Waals surface area contributed by atoms with Gasteiger partial charge in [-0.25, -0.2) is 9.79 Å². The lowest BCUT2D eigenvalue weighted by atomic mass is 9.97. The standard InChI is InChI=1S/C19H24N2O5/c1-6-20-16(22)11-25-14-8-7-12(10-15(14)24-5)9-13-17(23)26-18(21-13)19(2,3)4/h7-10H,6,11H2,1-5H3,(H,20,22)/b13-9-. The van der Waals surface area contributed by atoms with Gasteiger partial charge in [0.05, 0.1) is 7.11 Å². The first-order valence-electron chi connectivity index (χ1n) is 8.35. The molecule has 0 saturated heterocycles. The van der Waals surface area contributed by atoms with Crippen molar-refractivity contribution in [3.8, 4) is 11.5 Å². The molecule has 0 saturated carbocycles. The second kappa shape index (κ2) is 8.03. The second-order valence-corrected chi connectivity index (χ2v) is 6.74. The maximum Gasteiger partial charge on any atom is 0.363 e. The quantitative estimate of drug-likeness (QED) is 0.622. The lowest BCUT2D eigenvalue weighted by molar-refractivity contribution is -0.130. The third-order valence-electron chi connectivity index (χ3n) is 3.49. The van der Waals surface area contributed by atoms with E-state index in [4.69, 9.17) is 14.2 Å². The van der Waals surface area contributed by atoms with Gasteiger partial charge in [0.2, 0.25) is 5.90 Å². The van der Waals surface area contributed by atoms with Crippen LogP contribution in [0.1, 0.15) is 33.3 Å². The molecule has 0 atom stereocenters. The summed E-state index contributed by atoms with van der Waals surface area (Å²) in [5.41, 5.74) is 0.589. The van der Waals surface area contributed by atoms with Crippen molar-refractivity contribution in [2.75, 3.05) is 20.3 Å². The molecule has 0 unspecified atom stereocenters. The molecule has 1 aliphatic heterocycles. The Morgan fingerprint density at radius 2 is 2.04 bits per heavy atom. The third kappa shape index (κ3) is 4.84. The minimum absolute atomic E-state index is 0.101. The summed E-state index contributed by atoms with van der Waals surface area (Å²) in [6.07, 6.45) is 1.62. The average molecular weight is 360 g/mol. The molecule has 2 rings (SSSR count). The molecule has 0 spiro atoms. The third-order valence-corrected chi connectivity index (χ3v) is 3.49. The molecule has 0 radical (unpaired) electrons. The van der Waals surface area contributed by atoms with Crippen LogP contribution in [0.3, 0.4) is 0 Å². The summed E-state index contributed by atoms with van der Waals surface area (Å²) >= 11 is 0. The number of aliphatic imine (C=N–C) groups is 1. The van der Waals surface area contributed by atoms with Crippen LogP contribution < -0.4 is 14.8 Å². The van der Waals surface area contributed by atoms with E-state index in [2.05, 4.69) is 10.3 Å². The van der Waals surface area contributed by atoms with Gasteiger partial charge in [-0.05, 0) is 30.7 Å². The fraction of sp³-hybridized carbons (Fsp3) is 0.421. The van der Waals surface area contributed by atoms with Crippen molar-refractivity contribution < 1.29 is 23.8 Å². The van der Waals surface area contributed by atoms with Crippen LogP contribution in [0.15, 0.2) is 28.9 Å². The SMILES string of the molecule is CCNC(=O)COc1ccc(/C=C2\N=C(C(C)(C)C)OC2=O)cc1OC. The number of nitrogens with one attached hydrogen (secondary N) is 1. The molecule has 1 aliphatic rings. The molecule has 26 heavy (non-hydrogen) atoms. The first-order valence-corrected chi connectivity index (χ1v) is 8.35. The molecule has 0 bridgehead atoms. The van der Waals surface area contributed by atoms with Gasteiger partial charge in [0, 0.05) is 12.0 Å². The van der Waals surface area contributed by atoms with Crippen LogP contribution in [0.4, 0.5) is 0 Å².